The van der Waals surface area contributed by atoms with Gasteiger partial charge in [-0.3, -0.25) is 0 Å². The molecule has 2 rings (SSSR count). The van der Waals surface area contributed by atoms with E-state index in [2.05, 4.69) is 11.4 Å². The predicted octanol–water partition coefficient (Wildman–Crippen LogP) is 5.87. The van der Waals surface area contributed by atoms with Crippen LogP contribution < -0.4 is 5.32 Å². The van der Waals surface area contributed by atoms with Crippen LogP contribution in [0.15, 0.2) is 24.3 Å². The first-order chi connectivity index (χ1) is 9.68. The minimum atomic E-state index is -4.32. The summed E-state index contributed by atoms with van der Waals surface area (Å²) in [5.41, 5.74) is 1.84. The third kappa shape index (κ3) is 3.59. The van der Waals surface area contributed by atoms with Gasteiger partial charge in [-0.25, -0.2) is 0 Å². The lowest BCUT2D eigenvalue weighted by Gasteiger charge is -2.19. The summed E-state index contributed by atoms with van der Waals surface area (Å²) in [4.78, 5) is 2.40. The van der Waals surface area contributed by atoms with Crippen molar-refractivity contribution >= 4 is 17.0 Å². The van der Waals surface area contributed by atoms with Crippen molar-refractivity contribution in [2.45, 2.75) is 39.9 Å². The highest BCUT2D eigenvalue weighted by Crippen LogP contribution is 2.34. The van der Waals surface area contributed by atoms with Crippen LogP contribution >= 0.6 is 11.3 Å². The van der Waals surface area contributed by atoms with Crippen LogP contribution in [0.4, 0.5) is 18.9 Å². The summed E-state index contributed by atoms with van der Waals surface area (Å²) in [6.45, 7) is 7.84. The number of hydrogen-bond donors (Lipinski definition) is 1. The van der Waals surface area contributed by atoms with Gasteiger partial charge in [-0.1, -0.05) is 6.07 Å². The second kappa shape index (κ2) is 5.72. The van der Waals surface area contributed by atoms with Gasteiger partial charge in [-0.2, -0.15) is 13.2 Å². The molecule has 1 aromatic heterocycles. The average Bonchev–Trinajstić information content (AvgIpc) is 2.70. The molecule has 21 heavy (non-hydrogen) atoms. The lowest BCUT2D eigenvalue weighted by molar-refractivity contribution is -0.137. The molecule has 0 aliphatic carbocycles. The maximum absolute atomic E-state index is 12.8. The topological polar surface area (TPSA) is 12.0 Å². The number of alkyl halides is 3. The van der Waals surface area contributed by atoms with Crippen molar-refractivity contribution in [2.75, 3.05) is 5.32 Å². The Balaban J connectivity index is 2.28. The third-order valence-corrected chi connectivity index (χ3v) is 4.46. The van der Waals surface area contributed by atoms with E-state index >= 15 is 0 Å². The Morgan fingerprint density at radius 3 is 2.29 bits per heavy atom. The summed E-state index contributed by atoms with van der Waals surface area (Å²) < 4.78 is 38.4. The molecule has 0 saturated carbocycles. The summed E-state index contributed by atoms with van der Waals surface area (Å²) >= 11 is 1.70. The van der Waals surface area contributed by atoms with E-state index in [1.165, 1.54) is 21.9 Å². The summed E-state index contributed by atoms with van der Waals surface area (Å²) in [6.07, 6.45) is -4.32. The molecule has 0 spiro atoms. The SMILES string of the molecule is Cc1cc(C(C)Nc2cc(C(F)(F)F)ccc2C)c(C)s1. The van der Waals surface area contributed by atoms with Crippen LogP contribution in [0.2, 0.25) is 0 Å². The van der Waals surface area contributed by atoms with E-state index in [4.69, 9.17) is 0 Å². The van der Waals surface area contributed by atoms with Crippen molar-refractivity contribution in [1.82, 2.24) is 0 Å². The Morgan fingerprint density at radius 1 is 1.10 bits per heavy atom. The number of nitrogens with one attached hydrogen (secondary N) is 1. The van der Waals surface area contributed by atoms with Gasteiger partial charge in [0.2, 0.25) is 0 Å². The zero-order valence-corrected chi connectivity index (χ0v) is 13.2. The molecule has 0 aliphatic rings. The van der Waals surface area contributed by atoms with Crippen LogP contribution in [0.25, 0.3) is 0 Å². The second-order valence-electron chi connectivity index (χ2n) is 5.26. The van der Waals surface area contributed by atoms with Crippen molar-refractivity contribution in [2.24, 2.45) is 0 Å². The third-order valence-electron chi connectivity index (χ3n) is 3.48. The first kappa shape index (κ1) is 15.9. The summed E-state index contributed by atoms with van der Waals surface area (Å²) in [5.74, 6) is 0. The highest BCUT2D eigenvalue weighted by Gasteiger charge is 2.30. The molecule has 114 valence electrons. The molecule has 2 aromatic rings. The van der Waals surface area contributed by atoms with E-state index in [9.17, 15) is 13.2 Å². The quantitative estimate of drug-likeness (QED) is 0.747. The van der Waals surface area contributed by atoms with Gasteiger partial charge in [0.1, 0.15) is 0 Å². The van der Waals surface area contributed by atoms with Gasteiger partial charge in [0.25, 0.3) is 0 Å². The molecule has 1 N–H and O–H groups in total. The predicted molar refractivity (Wildman–Crippen MR) is 82.0 cm³/mol. The Morgan fingerprint density at radius 2 is 1.76 bits per heavy atom. The number of hydrogen-bond acceptors (Lipinski definition) is 2. The standard InChI is InChI=1S/C16H18F3NS/c1-9-5-6-13(16(17,18)19)8-15(9)20-11(3)14-7-10(2)21-12(14)4/h5-8,11,20H,1-4H3. The van der Waals surface area contributed by atoms with E-state index in [0.29, 0.717) is 5.69 Å². The van der Waals surface area contributed by atoms with Gasteiger partial charge >= 0.3 is 6.18 Å². The summed E-state index contributed by atoms with van der Waals surface area (Å²) in [6, 6.07) is 5.85. The van der Waals surface area contributed by atoms with Crippen molar-refractivity contribution in [3.63, 3.8) is 0 Å². The lowest BCUT2D eigenvalue weighted by Crippen LogP contribution is -2.10. The molecule has 0 fully saturated rings. The second-order valence-corrected chi connectivity index (χ2v) is 6.72. The maximum atomic E-state index is 12.8. The Bertz CT molecular complexity index is 643. The summed E-state index contributed by atoms with van der Waals surface area (Å²) in [7, 11) is 0. The van der Waals surface area contributed by atoms with Crippen molar-refractivity contribution in [1.29, 1.82) is 0 Å². The molecule has 0 amide bonds. The van der Waals surface area contributed by atoms with E-state index < -0.39 is 11.7 Å². The largest absolute Gasteiger partial charge is 0.416 e. The fraction of sp³-hybridized carbons (Fsp3) is 0.375. The van der Waals surface area contributed by atoms with Gasteiger partial charge in [0, 0.05) is 21.5 Å². The molecule has 0 radical (unpaired) electrons. The van der Waals surface area contributed by atoms with Gasteiger partial charge in [-0.05, 0) is 57.0 Å². The van der Waals surface area contributed by atoms with Crippen LogP contribution in [0.5, 0.6) is 0 Å². The normalized spacial score (nSPS) is 13.3. The Hall–Kier alpha value is -1.49. The van der Waals surface area contributed by atoms with Crippen molar-refractivity contribution in [3.05, 3.63) is 50.7 Å². The molecule has 0 saturated heterocycles. The number of thiophene rings is 1. The maximum Gasteiger partial charge on any atom is 0.416 e. The molecular formula is C16H18F3NS. The number of rotatable bonds is 3. The van der Waals surface area contributed by atoms with Gasteiger partial charge in [-0.15, -0.1) is 11.3 Å². The number of aryl methyl sites for hydroxylation is 3. The zero-order valence-electron chi connectivity index (χ0n) is 12.4. The van der Waals surface area contributed by atoms with E-state index in [1.807, 2.05) is 20.8 Å². The number of halogens is 3. The highest BCUT2D eigenvalue weighted by molar-refractivity contribution is 7.12. The lowest BCUT2D eigenvalue weighted by atomic mass is 10.1. The van der Waals surface area contributed by atoms with Crippen LogP contribution in [0, 0.1) is 20.8 Å². The van der Waals surface area contributed by atoms with Gasteiger partial charge in [0.15, 0.2) is 0 Å². The monoisotopic (exact) mass is 313 g/mol. The highest BCUT2D eigenvalue weighted by atomic mass is 32.1. The molecule has 0 aliphatic heterocycles. The zero-order chi connectivity index (χ0) is 15.8. The molecule has 1 aromatic carbocycles. The summed E-state index contributed by atoms with van der Waals surface area (Å²) in [5, 5.41) is 3.20. The van der Waals surface area contributed by atoms with Crippen LogP contribution in [-0.2, 0) is 6.18 Å². The van der Waals surface area contributed by atoms with Crippen LogP contribution in [-0.4, -0.2) is 0 Å². The van der Waals surface area contributed by atoms with Crippen molar-refractivity contribution in [3.8, 4) is 0 Å². The molecule has 1 unspecified atom stereocenters. The first-order valence-corrected chi connectivity index (χ1v) is 7.51. The van der Waals surface area contributed by atoms with Gasteiger partial charge < -0.3 is 5.32 Å². The Labute approximate surface area is 126 Å². The minimum Gasteiger partial charge on any atom is -0.378 e. The minimum absolute atomic E-state index is 0.0304. The smallest absolute Gasteiger partial charge is 0.378 e. The fourth-order valence-corrected chi connectivity index (χ4v) is 3.37. The fourth-order valence-electron chi connectivity index (χ4n) is 2.35. The molecule has 0 bridgehead atoms. The average molecular weight is 313 g/mol. The molecule has 1 nitrogen and oxygen atoms in total. The molecule has 1 heterocycles. The van der Waals surface area contributed by atoms with E-state index in [0.717, 1.165) is 17.2 Å². The number of benzene rings is 1. The molecule has 1 atom stereocenters. The van der Waals surface area contributed by atoms with Gasteiger partial charge in [0.05, 0.1) is 5.56 Å². The van der Waals surface area contributed by atoms with E-state index in [1.54, 1.807) is 18.3 Å². The molecular weight excluding hydrogens is 295 g/mol. The van der Waals surface area contributed by atoms with Crippen LogP contribution in [0.1, 0.15) is 39.4 Å². The molecule has 5 heteroatoms. The Kier molecular flexibility index (Phi) is 4.33. The van der Waals surface area contributed by atoms with Crippen molar-refractivity contribution < 1.29 is 13.2 Å². The number of anilines is 1. The first-order valence-electron chi connectivity index (χ1n) is 6.70. The van der Waals surface area contributed by atoms with Crippen LogP contribution in [0.3, 0.4) is 0 Å². The van der Waals surface area contributed by atoms with E-state index in [-0.39, 0.29) is 6.04 Å².